The van der Waals surface area contributed by atoms with E-state index in [4.69, 9.17) is 0 Å². The van der Waals surface area contributed by atoms with E-state index < -0.39 is 5.60 Å². The molecule has 1 aliphatic rings. The van der Waals surface area contributed by atoms with E-state index in [1.165, 1.54) is 19.3 Å². The van der Waals surface area contributed by atoms with Crippen LogP contribution in [0.2, 0.25) is 0 Å². The summed E-state index contributed by atoms with van der Waals surface area (Å²) in [5.74, 6) is 2.30. The minimum absolute atomic E-state index is 0.604. The molecule has 0 bridgehead atoms. The van der Waals surface area contributed by atoms with Gasteiger partial charge in [0.05, 0.1) is 5.60 Å². The van der Waals surface area contributed by atoms with Crippen molar-refractivity contribution in [3.63, 3.8) is 0 Å². The van der Waals surface area contributed by atoms with Crippen LogP contribution in [0.25, 0.3) is 0 Å². The first kappa shape index (κ1) is 18.9. The molecule has 21 heavy (non-hydrogen) atoms. The maximum atomic E-state index is 10.1. The largest absolute Gasteiger partial charge is 0.389 e. The van der Waals surface area contributed by atoms with Gasteiger partial charge in [-0.2, -0.15) is 0 Å². The summed E-state index contributed by atoms with van der Waals surface area (Å²) in [5, 5.41) is 13.9. The zero-order valence-electron chi connectivity index (χ0n) is 15.2. The molecule has 3 nitrogen and oxygen atoms in total. The normalized spacial score (nSPS) is 30.9. The lowest BCUT2D eigenvalue weighted by Crippen LogP contribution is -2.51. The molecular weight excluding hydrogens is 260 g/mol. The smallest absolute Gasteiger partial charge is 0.0718 e. The van der Waals surface area contributed by atoms with E-state index in [2.05, 4.69) is 37.9 Å². The monoisotopic (exact) mass is 298 g/mol. The molecule has 0 aromatic heterocycles. The predicted octanol–water partition coefficient (Wildman–Crippen LogP) is 3.13. The maximum Gasteiger partial charge on any atom is 0.0718 e. The van der Waals surface area contributed by atoms with Gasteiger partial charge >= 0.3 is 0 Å². The van der Waals surface area contributed by atoms with Crippen molar-refractivity contribution < 1.29 is 5.11 Å². The fourth-order valence-corrected chi connectivity index (χ4v) is 3.93. The highest BCUT2D eigenvalue weighted by Crippen LogP contribution is 2.34. The third-order valence-corrected chi connectivity index (χ3v) is 4.86. The number of rotatable bonds is 8. The van der Waals surface area contributed by atoms with Crippen molar-refractivity contribution in [1.82, 2.24) is 10.2 Å². The molecule has 0 saturated heterocycles. The fraction of sp³-hybridized carbons (Fsp3) is 1.00. The lowest BCUT2D eigenvalue weighted by Gasteiger charge is -2.43. The highest BCUT2D eigenvalue weighted by molar-refractivity contribution is 4.90. The van der Waals surface area contributed by atoms with Crippen molar-refractivity contribution in [2.75, 3.05) is 26.2 Å². The molecule has 1 saturated carbocycles. The molecule has 3 heteroatoms. The Labute approximate surface area is 132 Å². The van der Waals surface area contributed by atoms with Crippen LogP contribution in [-0.4, -0.2) is 47.8 Å². The molecule has 4 unspecified atom stereocenters. The third kappa shape index (κ3) is 6.66. The summed E-state index contributed by atoms with van der Waals surface area (Å²) in [6.45, 7) is 17.1. The Morgan fingerprint density at radius 1 is 1.19 bits per heavy atom. The number of hydrogen-bond acceptors (Lipinski definition) is 3. The average Bonchev–Trinajstić information content (AvgIpc) is 2.36. The Morgan fingerprint density at radius 2 is 1.86 bits per heavy atom. The summed E-state index contributed by atoms with van der Waals surface area (Å²) in [4.78, 5) is 2.43. The highest BCUT2D eigenvalue weighted by Gasteiger charge is 2.35. The van der Waals surface area contributed by atoms with E-state index in [9.17, 15) is 5.11 Å². The first-order chi connectivity index (χ1) is 9.76. The first-order valence-corrected chi connectivity index (χ1v) is 8.94. The van der Waals surface area contributed by atoms with Crippen LogP contribution in [-0.2, 0) is 0 Å². The Kier molecular flexibility index (Phi) is 7.66. The van der Waals surface area contributed by atoms with E-state index in [-0.39, 0.29) is 0 Å². The van der Waals surface area contributed by atoms with Gasteiger partial charge in [0, 0.05) is 19.1 Å². The number of nitrogens with zero attached hydrogens (tertiary/aromatic N) is 1. The molecule has 4 atom stereocenters. The number of aliphatic hydroxyl groups is 1. The highest BCUT2D eigenvalue weighted by atomic mass is 16.3. The summed E-state index contributed by atoms with van der Waals surface area (Å²) in [7, 11) is 0. The van der Waals surface area contributed by atoms with Crippen LogP contribution in [0, 0.1) is 17.8 Å². The maximum absolute atomic E-state index is 10.1. The Hall–Kier alpha value is -0.120. The molecule has 0 radical (unpaired) electrons. The van der Waals surface area contributed by atoms with E-state index in [1.807, 2.05) is 13.8 Å². The summed E-state index contributed by atoms with van der Waals surface area (Å²) < 4.78 is 0. The number of likely N-dealkylation sites (N-methyl/N-ethyl adjacent to an activating group) is 1. The summed E-state index contributed by atoms with van der Waals surface area (Å²) in [6.07, 6.45) is 3.84. The van der Waals surface area contributed by atoms with E-state index in [1.54, 1.807) is 0 Å². The summed E-state index contributed by atoms with van der Waals surface area (Å²) >= 11 is 0. The van der Waals surface area contributed by atoms with Gasteiger partial charge in [0.25, 0.3) is 0 Å². The van der Waals surface area contributed by atoms with Gasteiger partial charge in [-0.15, -0.1) is 0 Å². The minimum atomic E-state index is -0.604. The van der Waals surface area contributed by atoms with Gasteiger partial charge in [-0.25, -0.2) is 0 Å². The summed E-state index contributed by atoms with van der Waals surface area (Å²) in [5.41, 5.74) is -0.604. The van der Waals surface area contributed by atoms with E-state index in [0.717, 1.165) is 38.0 Å². The van der Waals surface area contributed by atoms with Crippen LogP contribution in [0.5, 0.6) is 0 Å². The second kappa shape index (κ2) is 8.50. The molecule has 126 valence electrons. The summed E-state index contributed by atoms with van der Waals surface area (Å²) in [6, 6.07) is 0.638. The van der Waals surface area contributed by atoms with Crippen LogP contribution in [0.15, 0.2) is 0 Å². The first-order valence-electron chi connectivity index (χ1n) is 8.94. The van der Waals surface area contributed by atoms with E-state index >= 15 is 0 Å². The zero-order valence-corrected chi connectivity index (χ0v) is 15.2. The quantitative estimate of drug-likeness (QED) is 0.723. The van der Waals surface area contributed by atoms with Gasteiger partial charge in [-0.1, -0.05) is 27.7 Å². The van der Waals surface area contributed by atoms with Gasteiger partial charge < -0.3 is 15.3 Å². The Balaban J connectivity index is 2.69. The molecular formula is C18H38N2O. The lowest BCUT2D eigenvalue weighted by molar-refractivity contribution is 0.0195. The van der Waals surface area contributed by atoms with Crippen molar-refractivity contribution in [3.05, 3.63) is 0 Å². The average molecular weight is 299 g/mol. The molecule has 0 aromatic carbocycles. The van der Waals surface area contributed by atoms with Gasteiger partial charge in [-0.3, -0.25) is 0 Å². The topological polar surface area (TPSA) is 35.5 Å². The SMILES string of the molecule is CCCNC1CC(C)CC(C)C1CN(CC)CC(C)(C)O. The molecule has 0 aromatic rings. The van der Waals surface area contributed by atoms with Gasteiger partial charge in [0.2, 0.25) is 0 Å². The second-order valence-corrected chi connectivity index (χ2v) is 7.92. The molecule has 1 rings (SSSR count). The van der Waals surface area contributed by atoms with Crippen LogP contribution in [0.3, 0.4) is 0 Å². The van der Waals surface area contributed by atoms with Crippen molar-refractivity contribution in [2.45, 2.75) is 72.4 Å². The molecule has 1 fully saturated rings. The lowest BCUT2D eigenvalue weighted by atomic mass is 9.72. The standard InChI is InChI=1S/C18H38N2O/c1-7-9-19-17-11-14(3)10-15(4)16(17)12-20(8-2)13-18(5,6)21/h14-17,19,21H,7-13H2,1-6H3. The number of hydrogen-bond donors (Lipinski definition) is 2. The molecule has 0 spiro atoms. The van der Waals surface area contributed by atoms with Gasteiger partial charge in [0.1, 0.15) is 0 Å². The molecule has 0 heterocycles. The van der Waals surface area contributed by atoms with E-state index in [0.29, 0.717) is 12.0 Å². The zero-order chi connectivity index (χ0) is 16.0. The van der Waals surface area contributed by atoms with Crippen LogP contribution < -0.4 is 5.32 Å². The molecule has 1 aliphatic carbocycles. The predicted molar refractivity (Wildman–Crippen MR) is 91.5 cm³/mol. The Bertz CT molecular complexity index is 287. The molecule has 2 N–H and O–H groups in total. The van der Waals surface area contributed by atoms with Gasteiger partial charge in [0.15, 0.2) is 0 Å². The van der Waals surface area contributed by atoms with Crippen LogP contribution >= 0.6 is 0 Å². The van der Waals surface area contributed by atoms with Gasteiger partial charge in [-0.05, 0) is 64.0 Å². The third-order valence-electron chi connectivity index (χ3n) is 4.86. The van der Waals surface area contributed by atoms with Crippen molar-refractivity contribution >= 4 is 0 Å². The van der Waals surface area contributed by atoms with Crippen LogP contribution in [0.1, 0.15) is 60.8 Å². The minimum Gasteiger partial charge on any atom is -0.389 e. The molecule has 0 amide bonds. The van der Waals surface area contributed by atoms with Crippen molar-refractivity contribution in [1.29, 1.82) is 0 Å². The molecule has 0 aliphatic heterocycles. The Morgan fingerprint density at radius 3 is 2.38 bits per heavy atom. The second-order valence-electron chi connectivity index (χ2n) is 7.92. The fourth-order valence-electron chi connectivity index (χ4n) is 3.93. The van der Waals surface area contributed by atoms with Crippen molar-refractivity contribution in [2.24, 2.45) is 17.8 Å². The number of nitrogens with one attached hydrogen (secondary N) is 1. The van der Waals surface area contributed by atoms with Crippen molar-refractivity contribution in [3.8, 4) is 0 Å². The van der Waals surface area contributed by atoms with Crippen LogP contribution in [0.4, 0.5) is 0 Å².